The Hall–Kier alpha value is -3.10. The minimum absolute atomic E-state index is 0.0271. The Labute approximate surface area is 150 Å². The van der Waals surface area contributed by atoms with Gasteiger partial charge in [-0.3, -0.25) is 19.7 Å². The minimum atomic E-state index is -1.16. The average molecular weight is 363 g/mol. The van der Waals surface area contributed by atoms with E-state index in [1.165, 1.54) is 26.0 Å². The van der Waals surface area contributed by atoms with Crippen LogP contribution in [0.4, 0.5) is 10.5 Å². The number of methoxy groups -OCH3 is 1. The lowest BCUT2D eigenvalue weighted by molar-refractivity contribution is -0.158. The van der Waals surface area contributed by atoms with E-state index < -0.39 is 29.9 Å². The zero-order valence-corrected chi connectivity index (χ0v) is 14.8. The number of hydrogen-bond acceptors (Lipinski definition) is 6. The van der Waals surface area contributed by atoms with Crippen molar-refractivity contribution in [3.8, 4) is 5.75 Å². The van der Waals surface area contributed by atoms with Crippen LogP contribution in [-0.2, 0) is 19.1 Å². The molecule has 0 bridgehead atoms. The fraction of sp³-hybridized carbons (Fsp3) is 0.412. The summed E-state index contributed by atoms with van der Waals surface area (Å²) in [6.07, 6.45) is -1.18. The molecule has 9 nitrogen and oxygen atoms in total. The van der Waals surface area contributed by atoms with E-state index in [4.69, 9.17) is 9.47 Å². The quantitative estimate of drug-likeness (QED) is 0.734. The molecule has 2 rings (SSSR count). The highest BCUT2D eigenvalue weighted by molar-refractivity contribution is 6.01. The van der Waals surface area contributed by atoms with Crippen molar-refractivity contribution in [2.24, 2.45) is 5.92 Å². The van der Waals surface area contributed by atoms with Gasteiger partial charge in [-0.2, -0.15) is 0 Å². The van der Waals surface area contributed by atoms with Crippen LogP contribution < -0.4 is 20.3 Å². The van der Waals surface area contributed by atoms with E-state index in [9.17, 15) is 19.2 Å². The Kier molecular flexibility index (Phi) is 6.16. The molecule has 1 heterocycles. The first-order valence-electron chi connectivity index (χ1n) is 8.03. The third kappa shape index (κ3) is 4.29. The Morgan fingerprint density at radius 3 is 2.62 bits per heavy atom. The van der Waals surface area contributed by atoms with Crippen molar-refractivity contribution in [1.29, 1.82) is 0 Å². The molecular weight excluding hydrogens is 342 g/mol. The first kappa shape index (κ1) is 19.2. The molecule has 0 unspecified atom stereocenters. The largest absolute Gasteiger partial charge is 0.495 e. The third-order valence-electron chi connectivity index (χ3n) is 3.96. The number of anilines is 1. The number of rotatable bonds is 5. The summed E-state index contributed by atoms with van der Waals surface area (Å²) < 4.78 is 10.3. The van der Waals surface area contributed by atoms with Crippen molar-refractivity contribution in [3.63, 3.8) is 0 Å². The third-order valence-corrected chi connectivity index (χ3v) is 3.96. The van der Waals surface area contributed by atoms with Crippen molar-refractivity contribution in [3.05, 3.63) is 24.3 Å². The van der Waals surface area contributed by atoms with Crippen LogP contribution >= 0.6 is 0 Å². The second-order valence-electron chi connectivity index (χ2n) is 5.72. The number of carbonyl (C=O) groups is 4. The van der Waals surface area contributed by atoms with E-state index >= 15 is 0 Å². The number of amides is 4. The van der Waals surface area contributed by atoms with E-state index in [0.29, 0.717) is 11.4 Å². The van der Waals surface area contributed by atoms with Gasteiger partial charge in [0, 0.05) is 20.0 Å². The van der Waals surface area contributed by atoms with E-state index in [-0.39, 0.29) is 18.9 Å². The number of imide groups is 1. The van der Waals surface area contributed by atoms with Crippen LogP contribution in [0.1, 0.15) is 13.3 Å². The van der Waals surface area contributed by atoms with Crippen LogP contribution in [0.5, 0.6) is 5.75 Å². The fourth-order valence-corrected chi connectivity index (χ4v) is 2.55. The lowest BCUT2D eigenvalue weighted by atomic mass is 10.1. The Morgan fingerprint density at radius 1 is 1.27 bits per heavy atom. The van der Waals surface area contributed by atoms with Crippen LogP contribution in [0.15, 0.2) is 24.3 Å². The maximum Gasteiger partial charge on any atom is 0.321 e. The Bertz CT molecular complexity index is 720. The van der Waals surface area contributed by atoms with Crippen molar-refractivity contribution in [2.75, 3.05) is 25.6 Å². The highest BCUT2D eigenvalue weighted by Gasteiger charge is 2.38. The van der Waals surface area contributed by atoms with Gasteiger partial charge in [-0.25, -0.2) is 4.79 Å². The van der Waals surface area contributed by atoms with Gasteiger partial charge in [0.25, 0.3) is 5.91 Å². The first-order chi connectivity index (χ1) is 12.4. The number of ether oxygens (including phenoxy) is 2. The van der Waals surface area contributed by atoms with Crippen LogP contribution in [0.25, 0.3) is 0 Å². The van der Waals surface area contributed by atoms with Crippen LogP contribution in [0.2, 0.25) is 0 Å². The van der Waals surface area contributed by atoms with Crippen LogP contribution in [-0.4, -0.2) is 50.6 Å². The zero-order valence-electron chi connectivity index (χ0n) is 14.8. The van der Waals surface area contributed by atoms with Gasteiger partial charge in [0.05, 0.1) is 18.7 Å². The standard InChI is InChI=1S/C17H21N3O6/c1-10(15(22)19-17(24)18-2)26-16(23)11-8-14(21)20(9-11)12-6-4-5-7-13(12)25-3/h4-7,10-11H,8-9H2,1-3H3,(H2,18,19,22,24)/t10-,11-/m0/s1. The molecule has 1 saturated heterocycles. The molecule has 1 aromatic carbocycles. The molecule has 1 aliphatic rings. The average Bonchev–Trinajstić information content (AvgIpc) is 3.03. The van der Waals surface area contributed by atoms with Gasteiger partial charge in [-0.1, -0.05) is 12.1 Å². The van der Waals surface area contributed by atoms with Gasteiger partial charge in [-0.15, -0.1) is 0 Å². The number of esters is 1. The summed E-state index contributed by atoms with van der Waals surface area (Å²) in [4.78, 5) is 48.9. The summed E-state index contributed by atoms with van der Waals surface area (Å²) in [5, 5.41) is 4.25. The molecule has 2 N–H and O–H groups in total. The maximum atomic E-state index is 12.3. The van der Waals surface area contributed by atoms with Crippen molar-refractivity contribution in [1.82, 2.24) is 10.6 Å². The fourth-order valence-electron chi connectivity index (χ4n) is 2.55. The highest BCUT2D eigenvalue weighted by atomic mass is 16.5. The maximum absolute atomic E-state index is 12.3. The zero-order chi connectivity index (χ0) is 19.3. The predicted octanol–water partition coefficient (Wildman–Crippen LogP) is 0.435. The van der Waals surface area contributed by atoms with Crippen molar-refractivity contribution in [2.45, 2.75) is 19.4 Å². The number of para-hydroxylation sites is 2. The molecule has 2 atom stereocenters. The predicted molar refractivity (Wildman–Crippen MR) is 91.6 cm³/mol. The smallest absolute Gasteiger partial charge is 0.321 e. The molecule has 1 fully saturated rings. The van der Waals surface area contributed by atoms with Gasteiger partial charge < -0.3 is 19.7 Å². The molecule has 4 amide bonds. The summed E-state index contributed by atoms with van der Waals surface area (Å²) in [5.74, 6) is -1.84. The second kappa shape index (κ2) is 8.32. The summed E-state index contributed by atoms with van der Waals surface area (Å²) in [6, 6.07) is 6.29. The van der Waals surface area contributed by atoms with Gasteiger partial charge >= 0.3 is 12.0 Å². The summed E-state index contributed by atoms with van der Waals surface area (Å²) in [5.41, 5.74) is 0.570. The summed E-state index contributed by atoms with van der Waals surface area (Å²) in [6.45, 7) is 1.48. The highest BCUT2D eigenvalue weighted by Crippen LogP contribution is 2.33. The molecule has 0 aromatic heterocycles. The summed E-state index contributed by atoms with van der Waals surface area (Å²) in [7, 11) is 2.85. The van der Waals surface area contributed by atoms with Gasteiger partial charge in [0.1, 0.15) is 5.75 Å². The van der Waals surface area contributed by atoms with Crippen molar-refractivity contribution >= 4 is 29.5 Å². The Balaban J connectivity index is 2.00. The topological polar surface area (TPSA) is 114 Å². The number of benzene rings is 1. The number of urea groups is 1. The number of hydrogen-bond donors (Lipinski definition) is 2. The SMILES string of the molecule is CNC(=O)NC(=O)[C@H](C)OC(=O)[C@H]1CC(=O)N(c2ccccc2OC)C1. The van der Waals surface area contributed by atoms with Gasteiger partial charge in [-0.05, 0) is 19.1 Å². The van der Waals surface area contributed by atoms with E-state index in [1.807, 2.05) is 5.32 Å². The van der Waals surface area contributed by atoms with Crippen LogP contribution in [0.3, 0.4) is 0 Å². The molecule has 1 aliphatic heterocycles. The van der Waals surface area contributed by atoms with E-state index in [2.05, 4.69) is 5.32 Å². The molecule has 1 aromatic rings. The molecule has 0 aliphatic carbocycles. The molecule has 0 saturated carbocycles. The Morgan fingerprint density at radius 2 is 1.96 bits per heavy atom. The molecular formula is C17H21N3O6. The monoisotopic (exact) mass is 363 g/mol. The molecule has 0 spiro atoms. The molecule has 140 valence electrons. The molecule has 9 heteroatoms. The first-order valence-corrected chi connectivity index (χ1v) is 8.03. The lowest BCUT2D eigenvalue weighted by Gasteiger charge is -2.19. The second-order valence-corrected chi connectivity index (χ2v) is 5.72. The number of nitrogens with zero attached hydrogens (tertiary/aromatic N) is 1. The summed E-state index contributed by atoms with van der Waals surface area (Å²) >= 11 is 0. The normalized spacial score (nSPS) is 17.4. The number of carbonyl (C=O) groups excluding carboxylic acids is 4. The van der Waals surface area contributed by atoms with Crippen LogP contribution in [0, 0.1) is 5.92 Å². The number of nitrogens with one attached hydrogen (secondary N) is 2. The molecule has 0 radical (unpaired) electrons. The van der Waals surface area contributed by atoms with E-state index in [0.717, 1.165) is 0 Å². The van der Waals surface area contributed by atoms with E-state index in [1.54, 1.807) is 24.3 Å². The van der Waals surface area contributed by atoms with Gasteiger partial charge in [0.15, 0.2) is 6.10 Å². The van der Waals surface area contributed by atoms with Crippen molar-refractivity contribution < 1.29 is 28.7 Å². The lowest BCUT2D eigenvalue weighted by Crippen LogP contribution is -2.44. The van der Waals surface area contributed by atoms with Gasteiger partial charge in [0.2, 0.25) is 5.91 Å². The molecule has 26 heavy (non-hydrogen) atoms. The minimum Gasteiger partial charge on any atom is -0.495 e.